The smallest absolute Gasteiger partial charge is 0.0431 e. The van der Waals surface area contributed by atoms with Gasteiger partial charge in [0.15, 0.2) is 0 Å². The molecule has 1 heterocycles. The van der Waals surface area contributed by atoms with Crippen LogP contribution in [0.25, 0.3) is 0 Å². The number of piperidine rings is 1. The normalized spacial score (nSPS) is 23.2. The number of nitrogens with zero attached hydrogens (tertiary/aromatic N) is 1. The predicted molar refractivity (Wildman–Crippen MR) is 68.5 cm³/mol. The van der Waals surface area contributed by atoms with Gasteiger partial charge in [-0.1, -0.05) is 6.92 Å². The molecule has 2 nitrogen and oxygen atoms in total. The topological polar surface area (TPSA) is 23.5 Å². The molecule has 0 aromatic rings. The van der Waals surface area contributed by atoms with Gasteiger partial charge in [-0.25, -0.2) is 0 Å². The van der Waals surface area contributed by atoms with E-state index in [1.807, 2.05) is 11.8 Å². The van der Waals surface area contributed by atoms with Crippen molar-refractivity contribution >= 4 is 11.8 Å². The summed E-state index contributed by atoms with van der Waals surface area (Å²) in [5.74, 6) is 3.36. The summed E-state index contributed by atoms with van der Waals surface area (Å²) in [4.78, 5) is 2.61. The van der Waals surface area contributed by atoms with Gasteiger partial charge in [0, 0.05) is 25.4 Å². The van der Waals surface area contributed by atoms with Gasteiger partial charge in [0.1, 0.15) is 0 Å². The Bertz CT molecular complexity index is 155. The third-order valence-electron chi connectivity index (χ3n) is 3.13. The van der Waals surface area contributed by atoms with E-state index in [9.17, 15) is 0 Å². The van der Waals surface area contributed by atoms with Crippen LogP contribution in [0.15, 0.2) is 0 Å². The van der Waals surface area contributed by atoms with E-state index >= 15 is 0 Å². The lowest BCUT2D eigenvalue weighted by Gasteiger charge is -2.32. The molecule has 90 valence electrons. The third-order valence-corrected chi connectivity index (χ3v) is 4.01. The maximum atomic E-state index is 8.82. The van der Waals surface area contributed by atoms with Crippen molar-refractivity contribution in [2.24, 2.45) is 5.92 Å². The highest BCUT2D eigenvalue weighted by Gasteiger charge is 2.18. The van der Waals surface area contributed by atoms with Gasteiger partial charge in [-0.3, -0.25) is 0 Å². The van der Waals surface area contributed by atoms with Crippen molar-refractivity contribution in [3.05, 3.63) is 0 Å². The van der Waals surface area contributed by atoms with E-state index in [4.69, 9.17) is 5.11 Å². The summed E-state index contributed by atoms with van der Waals surface area (Å²) < 4.78 is 0. The number of rotatable bonds is 7. The van der Waals surface area contributed by atoms with Gasteiger partial charge in [-0.2, -0.15) is 11.8 Å². The van der Waals surface area contributed by atoms with Crippen molar-refractivity contribution in [3.63, 3.8) is 0 Å². The van der Waals surface area contributed by atoms with Crippen LogP contribution < -0.4 is 0 Å². The van der Waals surface area contributed by atoms with Crippen LogP contribution in [0.4, 0.5) is 0 Å². The van der Waals surface area contributed by atoms with Crippen molar-refractivity contribution in [1.29, 1.82) is 0 Å². The third kappa shape index (κ3) is 5.79. The molecule has 0 radical (unpaired) electrons. The van der Waals surface area contributed by atoms with Crippen LogP contribution in [0.2, 0.25) is 0 Å². The number of hydrogen-bond donors (Lipinski definition) is 1. The minimum atomic E-state index is 0.363. The Balaban J connectivity index is 2.11. The van der Waals surface area contributed by atoms with Crippen molar-refractivity contribution in [3.8, 4) is 0 Å². The van der Waals surface area contributed by atoms with Crippen LogP contribution >= 0.6 is 11.8 Å². The highest BCUT2D eigenvalue weighted by molar-refractivity contribution is 7.99. The molecule has 1 N–H and O–H groups in total. The molecule has 15 heavy (non-hydrogen) atoms. The Labute approximate surface area is 98.4 Å². The zero-order valence-electron chi connectivity index (χ0n) is 9.95. The standard InChI is InChI=1S/C12H25NOS/c1-2-15-10-8-13-7-3-5-12(11-13)6-4-9-14/h12,14H,2-11H2,1H3. The molecule has 1 fully saturated rings. The lowest BCUT2D eigenvalue weighted by molar-refractivity contribution is 0.167. The van der Waals surface area contributed by atoms with Crippen LogP contribution in [0.3, 0.4) is 0 Å². The first-order valence-electron chi connectivity index (χ1n) is 6.27. The number of aliphatic hydroxyl groups excluding tert-OH is 1. The molecule has 1 atom stereocenters. The Morgan fingerprint density at radius 1 is 1.47 bits per heavy atom. The Morgan fingerprint density at radius 2 is 2.33 bits per heavy atom. The monoisotopic (exact) mass is 231 g/mol. The van der Waals surface area contributed by atoms with Crippen LogP contribution in [-0.4, -0.2) is 47.8 Å². The molecule has 0 saturated carbocycles. The number of likely N-dealkylation sites (tertiary alicyclic amines) is 1. The maximum Gasteiger partial charge on any atom is 0.0431 e. The number of hydrogen-bond acceptors (Lipinski definition) is 3. The van der Waals surface area contributed by atoms with Crippen molar-refractivity contribution in [1.82, 2.24) is 4.90 Å². The zero-order valence-corrected chi connectivity index (χ0v) is 10.8. The second-order valence-electron chi connectivity index (χ2n) is 4.37. The van der Waals surface area contributed by atoms with Gasteiger partial charge >= 0.3 is 0 Å². The molecule has 1 saturated heterocycles. The fourth-order valence-electron chi connectivity index (χ4n) is 2.31. The van der Waals surface area contributed by atoms with Gasteiger partial charge in [0.25, 0.3) is 0 Å². The van der Waals surface area contributed by atoms with E-state index in [2.05, 4.69) is 11.8 Å². The Kier molecular flexibility index (Phi) is 7.49. The molecular formula is C12H25NOS. The minimum absolute atomic E-state index is 0.363. The maximum absolute atomic E-state index is 8.82. The van der Waals surface area contributed by atoms with Gasteiger partial charge in [0.2, 0.25) is 0 Å². The molecular weight excluding hydrogens is 206 g/mol. The molecule has 1 aliphatic rings. The second-order valence-corrected chi connectivity index (χ2v) is 5.77. The fourth-order valence-corrected chi connectivity index (χ4v) is 2.98. The summed E-state index contributed by atoms with van der Waals surface area (Å²) >= 11 is 2.04. The second kappa shape index (κ2) is 8.43. The molecule has 1 aliphatic heterocycles. The first kappa shape index (κ1) is 13.3. The zero-order chi connectivity index (χ0) is 10.9. The van der Waals surface area contributed by atoms with Crippen molar-refractivity contribution in [2.75, 3.05) is 37.7 Å². The van der Waals surface area contributed by atoms with E-state index in [-0.39, 0.29) is 0 Å². The van der Waals surface area contributed by atoms with Gasteiger partial charge < -0.3 is 10.0 Å². The molecule has 0 spiro atoms. The van der Waals surface area contributed by atoms with E-state index in [1.54, 1.807) is 0 Å². The Hall–Kier alpha value is 0.270. The summed E-state index contributed by atoms with van der Waals surface area (Å²) in [7, 11) is 0. The van der Waals surface area contributed by atoms with E-state index in [0.29, 0.717) is 6.61 Å². The van der Waals surface area contributed by atoms with Crippen LogP contribution in [0.1, 0.15) is 32.6 Å². The predicted octanol–water partition coefficient (Wildman–Crippen LogP) is 2.22. The molecule has 0 amide bonds. The van der Waals surface area contributed by atoms with Crippen LogP contribution in [0, 0.1) is 5.92 Å². The summed E-state index contributed by atoms with van der Waals surface area (Å²) in [6.45, 7) is 6.41. The van der Waals surface area contributed by atoms with E-state index < -0.39 is 0 Å². The van der Waals surface area contributed by atoms with Crippen molar-refractivity contribution in [2.45, 2.75) is 32.6 Å². The fraction of sp³-hybridized carbons (Fsp3) is 1.00. The molecule has 0 aromatic carbocycles. The lowest BCUT2D eigenvalue weighted by Crippen LogP contribution is -2.36. The molecule has 1 unspecified atom stereocenters. The molecule has 0 aliphatic carbocycles. The summed E-state index contributed by atoms with van der Waals surface area (Å²) in [6, 6.07) is 0. The first-order valence-corrected chi connectivity index (χ1v) is 7.43. The molecule has 0 bridgehead atoms. The quantitative estimate of drug-likeness (QED) is 0.680. The Morgan fingerprint density at radius 3 is 3.07 bits per heavy atom. The molecule has 0 aromatic heterocycles. The van der Waals surface area contributed by atoms with Crippen molar-refractivity contribution < 1.29 is 5.11 Å². The number of aliphatic hydroxyl groups is 1. The largest absolute Gasteiger partial charge is 0.396 e. The minimum Gasteiger partial charge on any atom is -0.396 e. The van der Waals surface area contributed by atoms with E-state index in [1.165, 1.54) is 50.4 Å². The first-order chi connectivity index (χ1) is 7.36. The van der Waals surface area contributed by atoms with Gasteiger partial charge in [0.05, 0.1) is 0 Å². The highest BCUT2D eigenvalue weighted by atomic mass is 32.2. The summed E-state index contributed by atoms with van der Waals surface area (Å²) in [5.41, 5.74) is 0. The number of thioether (sulfide) groups is 1. The lowest BCUT2D eigenvalue weighted by atomic mass is 9.93. The van der Waals surface area contributed by atoms with Crippen LogP contribution in [-0.2, 0) is 0 Å². The summed E-state index contributed by atoms with van der Waals surface area (Å²) in [5, 5.41) is 8.82. The average Bonchev–Trinajstić information content (AvgIpc) is 2.27. The summed E-state index contributed by atoms with van der Waals surface area (Å²) in [6.07, 6.45) is 4.93. The molecule has 1 rings (SSSR count). The van der Waals surface area contributed by atoms with Gasteiger partial charge in [-0.05, 0) is 43.9 Å². The average molecular weight is 231 g/mol. The molecule has 3 heteroatoms. The SMILES string of the molecule is CCSCCN1CCCC(CCCO)C1. The van der Waals surface area contributed by atoms with Crippen LogP contribution in [0.5, 0.6) is 0 Å². The van der Waals surface area contributed by atoms with E-state index in [0.717, 1.165) is 12.3 Å². The highest BCUT2D eigenvalue weighted by Crippen LogP contribution is 2.20. The van der Waals surface area contributed by atoms with Gasteiger partial charge in [-0.15, -0.1) is 0 Å².